The second-order valence-electron chi connectivity index (χ2n) is 5.16. The van der Waals surface area contributed by atoms with Crippen molar-refractivity contribution in [1.82, 2.24) is 0 Å². The van der Waals surface area contributed by atoms with E-state index in [2.05, 4.69) is 0 Å². The van der Waals surface area contributed by atoms with Gasteiger partial charge in [-0.2, -0.15) is 5.26 Å². The number of fused-ring (bicyclic) bond motifs is 1. The molecule has 2 aromatic carbocycles. The summed E-state index contributed by atoms with van der Waals surface area (Å²) in [6.07, 6.45) is 0.703. The minimum Gasteiger partial charge on any atom is -0.367 e. The van der Waals surface area contributed by atoms with Gasteiger partial charge in [-0.3, -0.25) is 10.1 Å². The summed E-state index contributed by atoms with van der Waals surface area (Å²) in [6, 6.07) is 11.1. The molecule has 0 atom stereocenters. The van der Waals surface area contributed by atoms with Crippen LogP contribution in [0.2, 0.25) is 0 Å². The maximum Gasteiger partial charge on any atom is 0.269 e. The highest BCUT2D eigenvalue weighted by atomic mass is 19.1. The highest BCUT2D eigenvalue weighted by Gasteiger charge is 2.22. The van der Waals surface area contributed by atoms with Crippen molar-refractivity contribution in [1.29, 1.82) is 5.26 Å². The van der Waals surface area contributed by atoms with Crippen LogP contribution < -0.4 is 4.90 Å². The number of rotatable bonds is 3. The summed E-state index contributed by atoms with van der Waals surface area (Å²) in [5.41, 5.74) is 2.67. The van der Waals surface area contributed by atoms with E-state index in [9.17, 15) is 14.5 Å². The van der Waals surface area contributed by atoms with Crippen molar-refractivity contribution in [2.45, 2.75) is 13.0 Å². The zero-order chi connectivity index (χ0) is 15.7. The molecule has 0 aliphatic carbocycles. The maximum atomic E-state index is 14.0. The molecule has 0 fully saturated rings. The van der Waals surface area contributed by atoms with E-state index >= 15 is 0 Å². The molecule has 1 heterocycles. The predicted octanol–water partition coefficient (Wildman–Crippen LogP) is 3.17. The van der Waals surface area contributed by atoms with Gasteiger partial charge < -0.3 is 4.90 Å². The number of anilines is 1. The Labute approximate surface area is 126 Å². The summed E-state index contributed by atoms with van der Waals surface area (Å²) in [5.74, 6) is -0.408. The van der Waals surface area contributed by atoms with Gasteiger partial charge in [0.25, 0.3) is 5.69 Å². The standard InChI is InChI=1S/C16H12FN3O2/c17-15-7-11(9-18)1-2-13(15)10-19-6-5-12-8-14(20(21)22)3-4-16(12)19/h1-4,7-8H,5-6,10H2. The Morgan fingerprint density at radius 1 is 1.32 bits per heavy atom. The maximum absolute atomic E-state index is 14.0. The van der Waals surface area contributed by atoms with Crippen LogP contribution in [0.5, 0.6) is 0 Å². The smallest absolute Gasteiger partial charge is 0.269 e. The van der Waals surface area contributed by atoms with Crippen LogP contribution in [0.15, 0.2) is 36.4 Å². The average molecular weight is 297 g/mol. The van der Waals surface area contributed by atoms with Crippen LogP contribution in [0.25, 0.3) is 0 Å². The van der Waals surface area contributed by atoms with Crippen LogP contribution >= 0.6 is 0 Å². The topological polar surface area (TPSA) is 70.2 Å². The fraction of sp³-hybridized carbons (Fsp3) is 0.188. The molecule has 6 heteroatoms. The van der Waals surface area contributed by atoms with Gasteiger partial charge >= 0.3 is 0 Å². The molecule has 0 N–H and O–H groups in total. The van der Waals surface area contributed by atoms with Crippen LogP contribution in [-0.2, 0) is 13.0 Å². The number of nitrogens with zero attached hydrogens (tertiary/aromatic N) is 3. The molecule has 0 saturated heterocycles. The SMILES string of the molecule is N#Cc1ccc(CN2CCc3cc([N+](=O)[O-])ccc32)c(F)c1. The number of nitro benzene ring substituents is 1. The molecule has 3 rings (SSSR count). The van der Waals surface area contributed by atoms with Crippen LogP contribution in [-0.4, -0.2) is 11.5 Å². The van der Waals surface area contributed by atoms with Gasteiger partial charge in [-0.1, -0.05) is 6.07 Å². The fourth-order valence-corrected chi connectivity index (χ4v) is 2.69. The molecule has 110 valence electrons. The Morgan fingerprint density at radius 2 is 2.14 bits per heavy atom. The van der Waals surface area contributed by atoms with Crippen molar-refractivity contribution < 1.29 is 9.31 Å². The minimum atomic E-state index is -0.413. The van der Waals surface area contributed by atoms with Crippen molar-refractivity contribution in [3.63, 3.8) is 0 Å². The zero-order valence-corrected chi connectivity index (χ0v) is 11.6. The lowest BCUT2D eigenvalue weighted by molar-refractivity contribution is -0.384. The second kappa shape index (κ2) is 5.45. The fourth-order valence-electron chi connectivity index (χ4n) is 2.69. The summed E-state index contributed by atoms with van der Waals surface area (Å²) in [7, 11) is 0. The van der Waals surface area contributed by atoms with Gasteiger partial charge in [-0.05, 0) is 30.2 Å². The van der Waals surface area contributed by atoms with Crippen LogP contribution in [0.3, 0.4) is 0 Å². The van der Waals surface area contributed by atoms with E-state index in [1.165, 1.54) is 12.1 Å². The van der Waals surface area contributed by atoms with E-state index < -0.39 is 10.7 Å². The van der Waals surface area contributed by atoms with Crippen LogP contribution in [0, 0.1) is 27.3 Å². The Balaban J connectivity index is 1.85. The summed E-state index contributed by atoms with van der Waals surface area (Å²) < 4.78 is 14.0. The van der Waals surface area contributed by atoms with Gasteiger partial charge in [0.05, 0.1) is 16.6 Å². The molecule has 0 radical (unpaired) electrons. The first-order valence-electron chi connectivity index (χ1n) is 6.79. The Bertz CT molecular complexity index is 798. The lowest BCUT2D eigenvalue weighted by Crippen LogP contribution is -2.20. The van der Waals surface area contributed by atoms with Crippen molar-refractivity contribution in [3.8, 4) is 6.07 Å². The normalized spacial score (nSPS) is 12.8. The Hall–Kier alpha value is -2.94. The van der Waals surface area contributed by atoms with Crippen molar-refractivity contribution >= 4 is 11.4 Å². The molecule has 5 nitrogen and oxygen atoms in total. The number of nitriles is 1. The lowest BCUT2D eigenvalue weighted by atomic mass is 10.1. The van der Waals surface area contributed by atoms with Crippen molar-refractivity contribution in [2.75, 3.05) is 11.4 Å². The van der Waals surface area contributed by atoms with Gasteiger partial charge in [0.1, 0.15) is 5.82 Å². The molecule has 0 unspecified atom stereocenters. The molecular formula is C16H12FN3O2. The van der Waals surface area contributed by atoms with Gasteiger partial charge in [0, 0.05) is 36.5 Å². The average Bonchev–Trinajstić information content (AvgIpc) is 2.91. The van der Waals surface area contributed by atoms with Gasteiger partial charge in [-0.15, -0.1) is 0 Å². The molecule has 0 bridgehead atoms. The highest BCUT2D eigenvalue weighted by molar-refractivity contribution is 5.61. The van der Waals surface area contributed by atoms with Crippen LogP contribution in [0.4, 0.5) is 15.8 Å². The zero-order valence-electron chi connectivity index (χ0n) is 11.6. The summed E-state index contributed by atoms with van der Waals surface area (Å²) in [6.45, 7) is 1.07. The van der Waals surface area contributed by atoms with Gasteiger partial charge in [0.15, 0.2) is 0 Å². The molecule has 1 aliphatic heterocycles. The molecular weight excluding hydrogens is 285 g/mol. The number of hydrogen-bond acceptors (Lipinski definition) is 4. The number of non-ortho nitro benzene ring substituents is 1. The van der Waals surface area contributed by atoms with E-state index in [0.29, 0.717) is 30.6 Å². The Morgan fingerprint density at radius 3 is 2.82 bits per heavy atom. The second-order valence-corrected chi connectivity index (χ2v) is 5.16. The molecule has 0 aromatic heterocycles. The van der Waals surface area contributed by atoms with E-state index in [1.54, 1.807) is 24.3 Å². The van der Waals surface area contributed by atoms with E-state index in [-0.39, 0.29) is 5.69 Å². The van der Waals surface area contributed by atoms with Gasteiger partial charge in [-0.25, -0.2) is 4.39 Å². The first-order chi connectivity index (χ1) is 10.6. The minimum absolute atomic E-state index is 0.0742. The van der Waals surface area contributed by atoms with E-state index in [4.69, 9.17) is 5.26 Å². The quantitative estimate of drug-likeness (QED) is 0.644. The monoisotopic (exact) mass is 297 g/mol. The van der Waals surface area contributed by atoms with Crippen molar-refractivity contribution in [3.05, 3.63) is 69.0 Å². The highest BCUT2D eigenvalue weighted by Crippen LogP contribution is 2.32. The predicted molar refractivity (Wildman–Crippen MR) is 79.0 cm³/mol. The first kappa shape index (κ1) is 14.0. The molecule has 0 saturated carbocycles. The summed E-state index contributed by atoms with van der Waals surface area (Å²) in [4.78, 5) is 12.4. The summed E-state index contributed by atoms with van der Waals surface area (Å²) >= 11 is 0. The number of hydrogen-bond donors (Lipinski definition) is 0. The Kier molecular flexibility index (Phi) is 3.47. The third-order valence-corrected chi connectivity index (χ3v) is 3.81. The molecule has 1 aliphatic rings. The van der Waals surface area contributed by atoms with Crippen molar-refractivity contribution in [2.24, 2.45) is 0 Å². The largest absolute Gasteiger partial charge is 0.367 e. The number of halogens is 1. The third-order valence-electron chi connectivity index (χ3n) is 3.81. The summed E-state index contributed by atoms with van der Waals surface area (Å²) in [5, 5.41) is 19.6. The first-order valence-corrected chi connectivity index (χ1v) is 6.79. The molecule has 22 heavy (non-hydrogen) atoms. The number of nitro groups is 1. The van der Waals surface area contributed by atoms with E-state index in [1.807, 2.05) is 11.0 Å². The number of benzene rings is 2. The molecule has 0 spiro atoms. The van der Waals surface area contributed by atoms with Gasteiger partial charge in [0.2, 0.25) is 0 Å². The lowest BCUT2D eigenvalue weighted by Gasteiger charge is -2.19. The third kappa shape index (κ3) is 2.49. The molecule has 0 amide bonds. The van der Waals surface area contributed by atoms with Crippen LogP contribution in [0.1, 0.15) is 16.7 Å². The molecule has 2 aromatic rings. The van der Waals surface area contributed by atoms with E-state index in [0.717, 1.165) is 11.3 Å².